The minimum Gasteiger partial charge on any atom is -0.313 e. The molecule has 104 valence electrons. The van der Waals surface area contributed by atoms with E-state index in [2.05, 4.69) is 15.1 Å². The second-order valence-corrected chi connectivity index (χ2v) is 6.42. The maximum absolute atomic E-state index is 3.68. The molecule has 0 spiro atoms. The molecule has 0 bridgehead atoms. The largest absolute Gasteiger partial charge is 0.313 e. The molecule has 1 saturated carbocycles. The van der Waals surface area contributed by atoms with Crippen LogP contribution in [0.25, 0.3) is 0 Å². The highest BCUT2D eigenvalue weighted by Crippen LogP contribution is 2.24. The van der Waals surface area contributed by atoms with Gasteiger partial charge in [0, 0.05) is 44.8 Å². The van der Waals surface area contributed by atoms with Crippen molar-refractivity contribution in [3.05, 3.63) is 0 Å². The first kappa shape index (κ1) is 12.9. The lowest BCUT2D eigenvalue weighted by molar-refractivity contribution is 0.0889. The van der Waals surface area contributed by atoms with Crippen molar-refractivity contribution in [1.29, 1.82) is 0 Å². The summed E-state index contributed by atoms with van der Waals surface area (Å²) in [4.78, 5) is 5.45. The molecule has 2 heterocycles. The van der Waals surface area contributed by atoms with Gasteiger partial charge in [0.2, 0.25) is 0 Å². The zero-order valence-electron chi connectivity index (χ0n) is 11.7. The van der Waals surface area contributed by atoms with Crippen LogP contribution in [-0.2, 0) is 0 Å². The van der Waals surface area contributed by atoms with Crippen LogP contribution < -0.4 is 5.32 Å². The molecule has 0 amide bonds. The topological polar surface area (TPSA) is 18.5 Å². The number of hydrogen-bond donors (Lipinski definition) is 1. The van der Waals surface area contributed by atoms with Gasteiger partial charge in [0.05, 0.1) is 0 Å². The first-order valence-corrected chi connectivity index (χ1v) is 8.11. The fourth-order valence-electron chi connectivity index (χ4n) is 3.97. The van der Waals surface area contributed by atoms with Crippen LogP contribution in [0.3, 0.4) is 0 Å². The molecule has 3 heteroatoms. The van der Waals surface area contributed by atoms with Crippen molar-refractivity contribution in [2.75, 3.05) is 39.3 Å². The van der Waals surface area contributed by atoms with E-state index in [1.54, 1.807) is 0 Å². The van der Waals surface area contributed by atoms with Crippen LogP contribution in [-0.4, -0.2) is 61.2 Å². The van der Waals surface area contributed by atoms with E-state index in [1.165, 1.54) is 84.2 Å². The van der Waals surface area contributed by atoms with Crippen molar-refractivity contribution in [1.82, 2.24) is 15.1 Å². The van der Waals surface area contributed by atoms with E-state index in [0.717, 1.165) is 12.1 Å². The van der Waals surface area contributed by atoms with E-state index in [-0.39, 0.29) is 0 Å². The Hall–Kier alpha value is -0.120. The number of piperidine rings is 1. The minimum atomic E-state index is 0.775. The van der Waals surface area contributed by atoms with Crippen LogP contribution in [0.4, 0.5) is 0 Å². The zero-order valence-corrected chi connectivity index (χ0v) is 11.7. The van der Waals surface area contributed by atoms with Crippen LogP contribution in [0.1, 0.15) is 44.9 Å². The van der Waals surface area contributed by atoms with Gasteiger partial charge in [-0.2, -0.15) is 0 Å². The van der Waals surface area contributed by atoms with Crippen LogP contribution in [0.5, 0.6) is 0 Å². The molecule has 18 heavy (non-hydrogen) atoms. The number of rotatable bonds is 3. The Morgan fingerprint density at radius 3 is 2.22 bits per heavy atom. The Bertz CT molecular complexity index is 236. The first-order chi connectivity index (χ1) is 8.92. The van der Waals surface area contributed by atoms with Crippen molar-refractivity contribution >= 4 is 0 Å². The molecule has 2 saturated heterocycles. The quantitative estimate of drug-likeness (QED) is 0.823. The molecule has 3 fully saturated rings. The van der Waals surface area contributed by atoms with Gasteiger partial charge in [0.1, 0.15) is 0 Å². The summed E-state index contributed by atoms with van der Waals surface area (Å²) in [6.45, 7) is 7.77. The molecule has 0 aromatic rings. The fourth-order valence-corrected chi connectivity index (χ4v) is 3.97. The summed E-state index contributed by atoms with van der Waals surface area (Å²) in [5.74, 6) is 0. The van der Waals surface area contributed by atoms with Gasteiger partial charge in [-0.05, 0) is 32.2 Å². The van der Waals surface area contributed by atoms with Gasteiger partial charge >= 0.3 is 0 Å². The van der Waals surface area contributed by atoms with Crippen molar-refractivity contribution in [3.63, 3.8) is 0 Å². The summed E-state index contributed by atoms with van der Waals surface area (Å²) >= 11 is 0. The summed E-state index contributed by atoms with van der Waals surface area (Å²) in [6, 6.07) is 1.71. The number of nitrogens with zero attached hydrogens (tertiary/aromatic N) is 2. The van der Waals surface area contributed by atoms with Gasteiger partial charge in [-0.1, -0.05) is 19.3 Å². The zero-order chi connectivity index (χ0) is 12.2. The van der Waals surface area contributed by atoms with Crippen LogP contribution in [0.15, 0.2) is 0 Å². The second-order valence-electron chi connectivity index (χ2n) is 6.42. The lowest BCUT2D eigenvalue weighted by atomic mass is 10.0. The molecular weight excluding hydrogens is 222 g/mol. The Kier molecular flexibility index (Phi) is 4.55. The van der Waals surface area contributed by atoms with E-state index in [4.69, 9.17) is 0 Å². The van der Waals surface area contributed by atoms with Crippen LogP contribution in [0.2, 0.25) is 0 Å². The Balaban J connectivity index is 1.39. The standard InChI is InChI=1S/C15H29N3/c1-2-7-15(6-1)18-11-9-17(10-12-18)13-14-5-3-4-8-16-14/h14-16H,1-13H2. The molecule has 3 nitrogen and oxygen atoms in total. The highest BCUT2D eigenvalue weighted by atomic mass is 15.3. The third-order valence-electron chi connectivity index (χ3n) is 5.14. The molecule has 0 radical (unpaired) electrons. The Labute approximate surface area is 112 Å². The summed E-state index contributed by atoms with van der Waals surface area (Å²) in [5.41, 5.74) is 0. The predicted octanol–water partition coefficient (Wildman–Crippen LogP) is 1.69. The molecule has 1 N–H and O–H groups in total. The van der Waals surface area contributed by atoms with Gasteiger partial charge in [0.15, 0.2) is 0 Å². The molecule has 0 aromatic heterocycles. The van der Waals surface area contributed by atoms with Gasteiger partial charge in [0.25, 0.3) is 0 Å². The molecule has 3 aliphatic rings. The predicted molar refractivity (Wildman–Crippen MR) is 75.9 cm³/mol. The third kappa shape index (κ3) is 3.25. The van der Waals surface area contributed by atoms with Crippen molar-refractivity contribution in [2.45, 2.75) is 57.0 Å². The Morgan fingerprint density at radius 2 is 1.56 bits per heavy atom. The van der Waals surface area contributed by atoms with E-state index in [9.17, 15) is 0 Å². The molecule has 1 atom stereocenters. The monoisotopic (exact) mass is 251 g/mol. The van der Waals surface area contributed by atoms with Gasteiger partial charge in [-0.15, -0.1) is 0 Å². The highest BCUT2D eigenvalue weighted by molar-refractivity contribution is 4.84. The summed E-state index contributed by atoms with van der Waals surface area (Å²) < 4.78 is 0. The van der Waals surface area contributed by atoms with Crippen molar-refractivity contribution < 1.29 is 0 Å². The third-order valence-corrected chi connectivity index (χ3v) is 5.14. The highest BCUT2D eigenvalue weighted by Gasteiger charge is 2.27. The average molecular weight is 251 g/mol. The maximum Gasteiger partial charge on any atom is 0.0195 e. The van der Waals surface area contributed by atoms with Crippen molar-refractivity contribution in [3.8, 4) is 0 Å². The molecule has 3 rings (SSSR count). The lowest BCUT2D eigenvalue weighted by Crippen LogP contribution is -2.53. The molecule has 2 aliphatic heterocycles. The van der Waals surface area contributed by atoms with Crippen LogP contribution >= 0.6 is 0 Å². The summed E-state index contributed by atoms with van der Waals surface area (Å²) in [7, 11) is 0. The number of hydrogen-bond acceptors (Lipinski definition) is 3. The second kappa shape index (κ2) is 6.36. The maximum atomic E-state index is 3.68. The molecule has 1 unspecified atom stereocenters. The number of piperazine rings is 1. The minimum absolute atomic E-state index is 0.775. The molecule has 0 aromatic carbocycles. The van der Waals surface area contributed by atoms with Gasteiger partial charge in [-0.25, -0.2) is 0 Å². The lowest BCUT2D eigenvalue weighted by Gasteiger charge is -2.40. The van der Waals surface area contributed by atoms with Gasteiger partial charge < -0.3 is 5.32 Å². The summed E-state index contributed by atoms with van der Waals surface area (Å²) in [6.07, 6.45) is 10.1. The molecule has 1 aliphatic carbocycles. The fraction of sp³-hybridized carbons (Fsp3) is 1.00. The van der Waals surface area contributed by atoms with Gasteiger partial charge in [-0.3, -0.25) is 9.80 Å². The number of nitrogens with one attached hydrogen (secondary N) is 1. The van der Waals surface area contributed by atoms with Crippen LogP contribution in [0, 0.1) is 0 Å². The average Bonchev–Trinajstić information content (AvgIpc) is 2.95. The normalized spacial score (nSPS) is 33.0. The SMILES string of the molecule is C1CCC(CN2CCN(C3CCCC3)CC2)NC1. The van der Waals surface area contributed by atoms with E-state index >= 15 is 0 Å². The summed E-state index contributed by atoms with van der Waals surface area (Å²) in [5, 5.41) is 3.68. The van der Waals surface area contributed by atoms with Crippen molar-refractivity contribution in [2.24, 2.45) is 0 Å². The van der Waals surface area contributed by atoms with E-state index in [0.29, 0.717) is 0 Å². The van der Waals surface area contributed by atoms with E-state index in [1.807, 2.05) is 0 Å². The van der Waals surface area contributed by atoms with E-state index < -0.39 is 0 Å². The Morgan fingerprint density at radius 1 is 0.833 bits per heavy atom. The smallest absolute Gasteiger partial charge is 0.0195 e. The molecular formula is C15H29N3. The first-order valence-electron chi connectivity index (χ1n) is 8.11.